The maximum atomic E-state index is 2.46. The smallest absolute Gasteiger partial charge is 0.0192 e. The Labute approximate surface area is 120 Å². The summed E-state index contributed by atoms with van der Waals surface area (Å²) in [5.74, 6) is 0.597. The molecule has 1 atom stereocenters. The molecule has 1 nitrogen and oxygen atoms in total. The molecule has 2 aromatic carbocycles. The van der Waals surface area contributed by atoms with Gasteiger partial charge in [-0.25, -0.2) is 0 Å². The lowest BCUT2D eigenvalue weighted by molar-refractivity contribution is 0.294. The zero-order chi connectivity index (χ0) is 13.5. The fraction of sp³-hybridized carbons (Fsp3) is 0.263. The molecule has 0 radical (unpaired) electrons. The van der Waals surface area contributed by atoms with Crippen molar-refractivity contribution in [1.29, 1.82) is 0 Å². The summed E-state index contributed by atoms with van der Waals surface area (Å²) in [4.78, 5) is 2.46. The first kappa shape index (κ1) is 11.9. The quantitative estimate of drug-likeness (QED) is 0.752. The summed E-state index contributed by atoms with van der Waals surface area (Å²) in [6, 6.07) is 19.9. The normalized spacial score (nSPS) is 21.8. The molecule has 0 saturated carbocycles. The summed E-state index contributed by atoms with van der Waals surface area (Å²) in [5, 5.41) is 0. The molecule has 0 bridgehead atoms. The summed E-state index contributed by atoms with van der Waals surface area (Å²) >= 11 is 0. The van der Waals surface area contributed by atoms with E-state index in [2.05, 4.69) is 66.5 Å². The van der Waals surface area contributed by atoms with E-state index >= 15 is 0 Å². The van der Waals surface area contributed by atoms with Crippen LogP contribution in [-0.4, -0.2) is 25.0 Å². The molecule has 2 aliphatic rings. The average Bonchev–Trinajstić information content (AvgIpc) is 2.82. The molecular weight excluding hydrogens is 242 g/mol. The minimum Gasteiger partial charge on any atom is -0.305 e. The predicted octanol–water partition coefficient (Wildman–Crippen LogP) is 3.92. The molecule has 1 heterocycles. The van der Waals surface area contributed by atoms with E-state index in [0.717, 1.165) is 6.54 Å². The van der Waals surface area contributed by atoms with Gasteiger partial charge in [-0.2, -0.15) is 0 Å². The van der Waals surface area contributed by atoms with Crippen molar-refractivity contribution in [2.24, 2.45) is 0 Å². The largest absolute Gasteiger partial charge is 0.305 e. The van der Waals surface area contributed by atoms with E-state index in [-0.39, 0.29) is 0 Å². The molecular formula is C19H19N. The molecule has 1 aliphatic heterocycles. The van der Waals surface area contributed by atoms with Crippen LogP contribution in [0.25, 0.3) is 5.57 Å². The molecule has 1 aliphatic carbocycles. The van der Waals surface area contributed by atoms with Gasteiger partial charge in [-0.15, -0.1) is 0 Å². The van der Waals surface area contributed by atoms with Gasteiger partial charge >= 0.3 is 0 Å². The minimum absolute atomic E-state index is 0.597. The first-order chi connectivity index (χ1) is 9.84. The van der Waals surface area contributed by atoms with Gasteiger partial charge in [0.25, 0.3) is 0 Å². The van der Waals surface area contributed by atoms with Crippen LogP contribution in [0.15, 0.2) is 60.2 Å². The van der Waals surface area contributed by atoms with Crippen LogP contribution in [0.5, 0.6) is 0 Å². The molecule has 1 saturated heterocycles. The Morgan fingerprint density at radius 1 is 0.950 bits per heavy atom. The summed E-state index contributed by atoms with van der Waals surface area (Å²) < 4.78 is 0. The second-order valence-corrected chi connectivity index (χ2v) is 5.92. The highest BCUT2D eigenvalue weighted by Gasteiger charge is 2.34. The average molecular weight is 261 g/mol. The molecule has 4 rings (SSSR count). The lowest BCUT2D eigenvalue weighted by atomic mass is 9.89. The van der Waals surface area contributed by atoms with Crippen LogP contribution in [-0.2, 0) is 0 Å². The highest BCUT2D eigenvalue weighted by atomic mass is 15.1. The van der Waals surface area contributed by atoms with E-state index in [1.165, 1.54) is 35.2 Å². The highest BCUT2D eigenvalue weighted by molar-refractivity contribution is 5.88. The Kier molecular flexibility index (Phi) is 2.75. The van der Waals surface area contributed by atoms with Gasteiger partial charge in [0.2, 0.25) is 0 Å². The lowest BCUT2D eigenvalue weighted by Gasteiger charge is -2.30. The molecule has 20 heavy (non-hydrogen) atoms. The van der Waals surface area contributed by atoms with Gasteiger partial charge in [-0.1, -0.05) is 60.2 Å². The minimum atomic E-state index is 0.597. The summed E-state index contributed by atoms with van der Waals surface area (Å²) in [6.45, 7) is 2.33. The van der Waals surface area contributed by atoms with Gasteiger partial charge in [0.1, 0.15) is 0 Å². The van der Waals surface area contributed by atoms with Crippen LogP contribution >= 0.6 is 0 Å². The number of likely N-dealkylation sites (N-methyl/N-ethyl adjacent to an activating group) is 1. The molecule has 2 aromatic rings. The van der Waals surface area contributed by atoms with Crippen LogP contribution in [0.2, 0.25) is 0 Å². The summed E-state index contributed by atoms with van der Waals surface area (Å²) in [5.41, 5.74) is 7.50. The molecule has 1 unspecified atom stereocenters. The second-order valence-electron chi connectivity index (χ2n) is 5.92. The molecule has 1 heteroatoms. The Balaban J connectivity index is 1.93. The summed E-state index contributed by atoms with van der Waals surface area (Å²) in [6.07, 6.45) is 1.19. The number of likely N-dealkylation sites (tertiary alicyclic amines) is 1. The Morgan fingerprint density at radius 3 is 2.55 bits per heavy atom. The van der Waals surface area contributed by atoms with Crippen molar-refractivity contribution in [3.8, 4) is 0 Å². The van der Waals surface area contributed by atoms with E-state index in [4.69, 9.17) is 0 Å². The van der Waals surface area contributed by atoms with Crippen LogP contribution in [0.1, 0.15) is 29.0 Å². The SMILES string of the molecule is CN1CCC2=C(c3ccccc3)c3ccccc3C2C1. The molecule has 100 valence electrons. The number of fused-ring (bicyclic) bond motifs is 3. The van der Waals surface area contributed by atoms with Gasteiger partial charge in [-0.3, -0.25) is 0 Å². The van der Waals surface area contributed by atoms with E-state index < -0.39 is 0 Å². The number of benzene rings is 2. The third-order valence-corrected chi connectivity index (χ3v) is 4.67. The third-order valence-electron chi connectivity index (χ3n) is 4.67. The fourth-order valence-corrected chi connectivity index (χ4v) is 3.73. The van der Waals surface area contributed by atoms with Gasteiger partial charge in [0.15, 0.2) is 0 Å². The van der Waals surface area contributed by atoms with Crippen molar-refractivity contribution in [3.05, 3.63) is 76.9 Å². The standard InChI is InChI=1S/C19H19N/c1-20-12-11-17-18(13-20)15-9-5-6-10-16(15)19(17)14-7-3-2-4-8-14/h2-10,18H,11-13H2,1H3. The number of hydrogen-bond donors (Lipinski definition) is 0. The van der Waals surface area contributed by atoms with Crippen molar-refractivity contribution in [2.75, 3.05) is 20.1 Å². The van der Waals surface area contributed by atoms with E-state index in [0.29, 0.717) is 5.92 Å². The summed E-state index contributed by atoms with van der Waals surface area (Å²) in [7, 11) is 2.24. The topological polar surface area (TPSA) is 3.24 Å². The Bertz CT molecular complexity index is 669. The van der Waals surface area contributed by atoms with Crippen molar-refractivity contribution in [2.45, 2.75) is 12.3 Å². The van der Waals surface area contributed by atoms with Crippen molar-refractivity contribution >= 4 is 5.57 Å². The number of piperidine rings is 1. The third kappa shape index (κ3) is 1.74. The van der Waals surface area contributed by atoms with Crippen molar-refractivity contribution in [1.82, 2.24) is 4.90 Å². The van der Waals surface area contributed by atoms with E-state index in [1.807, 2.05) is 0 Å². The van der Waals surface area contributed by atoms with Crippen LogP contribution in [0.3, 0.4) is 0 Å². The fourth-order valence-electron chi connectivity index (χ4n) is 3.73. The predicted molar refractivity (Wildman–Crippen MR) is 83.8 cm³/mol. The Hall–Kier alpha value is -1.86. The van der Waals surface area contributed by atoms with Gasteiger partial charge < -0.3 is 4.90 Å². The zero-order valence-electron chi connectivity index (χ0n) is 11.8. The lowest BCUT2D eigenvalue weighted by Crippen LogP contribution is -2.31. The van der Waals surface area contributed by atoms with Crippen molar-refractivity contribution in [3.63, 3.8) is 0 Å². The van der Waals surface area contributed by atoms with Crippen molar-refractivity contribution < 1.29 is 0 Å². The molecule has 0 amide bonds. The first-order valence-electron chi connectivity index (χ1n) is 7.41. The number of hydrogen-bond acceptors (Lipinski definition) is 1. The molecule has 0 spiro atoms. The van der Waals surface area contributed by atoms with E-state index in [9.17, 15) is 0 Å². The van der Waals surface area contributed by atoms with Gasteiger partial charge in [0, 0.05) is 19.0 Å². The zero-order valence-corrected chi connectivity index (χ0v) is 11.8. The van der Waals surface area contributed by atoms with E-state index in [1.54, 1.807) is 5.57 Å². The molecule has 1 fully saturated rings. The van der Waals surface area contributed by atoms with Gasteiger partial charge in [-0.05, 0) is 35.7 Å². The van der Waals surface area contributed by atoms with Crippen LogP contribution in [0.4, 0.5) is 0 Å². The monoisotopic (exact) mass is 261 g/mol. The second kappa shape index (κ2) is 4.60. The highest BCUT2D eigenvalue weighted by Crippen LogP contribution is 2.47. The number of rotatable bonds is 1. The maximum Gasteiger partial charge on any atom is 0.0192 e. The molecule has 0 N–H and O–H groups in total. The first-order valence-corrected chi connectivity index (χ1v) is 7.41. The maximum absolute atomic E-state index is 2.46. The molecule has 0 aromatic heterocycles. The van der Waals surface area contributed by atoms with Gasteiger partial charge in [0.05, 0.1) is 0 Å². The Morgan fingerprint density at radius 2 is 1.70 bits per heavy atom. The van der Waals surface area contributed by atoms with Crippen LogP contribution < -0.4 is 0 Å². The van der Waals surface area contributed by atoms with Crippen LogP contribution in [0, 0.1) is 0 Å². The number of nitrogens with zero attached hydrogens (tertiary/aromatic N) is 1.